The summed E-state index contributed by atoms with van der Waals surface area (Å²) >= 11 is 3.65. The van der Waals surface area contributed by atoms with Gasteiger partial charge >= 0.3 is 0 Å². The van der Waals surface area contributed by atoms with Crippen molar-refractivity contribution in [3.8, 4) is 0 Å². The number of aryl methyl sites for hydroxylation is 2. The molecule has 4 nitrogen and oxygen atoms in total. The van der Waals surface area contributed by atoms with Gasteiger partial charge in [0.1, 0.15) is 0 Å². The van der Waals surface area contributed by atoms with Gasteiger partial charge in [0.05, 0.1) is 0 Å². The Hall–Kier alpha value is -1.14. The molecule has 2 aliphatic rings. The number of hydrogen-bond donors (Lipinski definition) is 2. The predicted molar refractivity (Wildman–Crippen MR) is 108 cm³/mol. The first-order valence-electron chi connectivity index (χ1n) is 8.63. The van der Waals surface area contributed by atoms with Gasteiger partial charge in [-0.15, -0.1) is 0 Å². The molecule has 6 heteroatoms. The zero-order chi connectivity index (χ0) is 16.8. The van der Waals surface area contributed by atoms with E-state index in [0.29, 0.717) is 0 Å². The number of nitrogens with one attached hydrogen (secondary N) is 2. The summed E-state index contributed by atoms with van der Waals surface area (Å²) in [6, 6.07) is 4.69. The Labute approximate surface area is 153 Å². The van der Waals surface area contributed by atoms with Gasteiger partial charge in [0.15, 0.2) is 10.3 Å². The zero-order valence-corrected chi connectivity index (χ0v) is 16.2. The van der Waals surface area contributed by atoms with E-state index < -0.39 is 0 Å². The molecule has 0 bridgehead atoms. The van der Waals surface area contributed by atoms with Crippen molar-refractivity contribution >= 4 is 33.9 Å². The Morgan fingerprint density at radius 3 is 1.67 bits per heavy atom. The fourth-order valence-electron chi connectivity index (χ4n) is 2.71. The van der Waals surface area contributed by atoms with Crippen molar-refractivity contribution < 1.29 is 0 Å². The minimum absolute atomic E-state index is 0.955. The van der Waals surface area contributed by atoms with Crippen molar-refractivity contribution in [1.82, 2.24) is 10.6 Å². The number of hydrogen-bond acceptors (Lipinski definition) is 6. The molecule has 0 atom stereocenters. The van der Waals surface area contributed by atoms with Crippen molar-refractivity contribution in [1.29, 1.82) is 0 Å². The normalized spacial score (nSPS) is 17.6. The Kier molecular flexibility index (Phi) is 6.49. The molecule has 2 heterocycles. The van der Waals surface area contributed by atoms with Crippen molar-refractivity contribution in [3.05, 3.63) is 34.4 Å². The van der Waals surface area contributed by atoms with Gasteiger partial charge in [-0.1, -0.05) is 35.7 Å². The van der Waals surface area contributed by atoms with Crippen molar-refractivity contribution in [2.75, 3.05) is 26.2 Å². The van der Waals surface area contributed by atoms with Crippen molar-refractivity contribution in [3.63, 3.8) is 0 Å². The van der Waals surface area contributed by atoms with E-state index in [1.54, 1.807) is 0 Å². The van der Waals surface area contributed by atoms with Crippen LogP contribution in [0.3, 0.4) is 0 Å². The van der Waals surface area contributed by atoms with Crippen LogP contribution < -0.4 is 10.6 Å². The van der Waals surface area contributed by atoms with E-state index in [0.717, 1.165) is 60.9 Å². The number of benzene rings is 1. The molecule has 2 aliphatic heterocycles. The molecule has 0 fully saturated rings. The Morgan fingerprint density at radius 2 is 1.29 bits per heavy atom. The number of thioether (sulfide) groups is 2. The van der Waals surface area contributed by atoms with Crippen molar-refractivity contribution in [2.24, 2.45) is 9.98 Å². The smallest absolute Gasteiger partial charge is 0.156 e. The van der Waals surface area contributed by atoms with Gasteiger partial charge in [0.2, 0.25) is 0 Å². The van der Waals surface area contributed by atoms with Crippen LogP contribution in [0.2, 0.25) is 0 Å². The molecule has 24 heavy (non-hydrogen) atoms. The number of amidine groups is 2. The maximum absolute atomic E-state index is 4.57. The van der Waals surface area contributed by atoms with Crippen LogP contribution in [-0.4, -0.2) is 36.5 Å². The predicted octanol–water partition coefficient (Wildman–Crippen LogP) is 3.47. The molecule has 0 aliphatic carbocycles. The summed E-state index contributed by atoms with van der Waals surface area (Å²) < 4.78 is 0. The fourth-order valence-corrected chi connectivity index (χ4v) is 4.61. The monoisotopic (exact) mass is 362 g/mol. The SMILES string of the molecule is Cc1cc(CSC2=NCCCN2)c(CSC2=NCCCN2)cc1C. The molecule has 0 saturated carbocycles. The molecule has 0 amide bonds. The second-order valence-electron chi connectivity index (χ2n) is 6.22. The number of nitrogens with zero attached hydrogens (tertiary/aromatic N) is 2. The second kappa shape index (κ2) is 8.81. The second-order valence-corrected chi connectivity index (χ2v) is 8.15. The fraction of sp³-hybridized carbons (Fsp3) is 0.556. The minimum Gasteiger partial charge on any atom is -0.365 e. The molecule has 0 spiro atoms. The van der Waals surface area contributed by atoms with Crippen LogP contribution in [0.1, 0.15) is 35.1 Å². The van der Waals surface area contributed by atoms with Crippen LogP contribution in [0.25, 0.3) is 0 Å². The molecule has 1 aromatic rings. The molecule has 0 radical (unpaired) electrons. The summed E-state index contributed by atoms with van der Waals surface area (Å²) in [6.45, 7) is 8.40. The summed E-state index contributed by atoms with van der Waals surface area (Å²) in [5.74, 6) is 1.95. The van der Waals surface area contributed by atoms with E-state index in [4.69, 9.17) is 0 Å². The van der Waals surface area contributed by atoms with Crippen LogP contribution in [0, 0.1) is 13.8 Å². The molecule has 1 aromatic carbocycles. The highest BCUT2D eigenvalue weighted by Crippen LogP contribution is 2.26. The van der Waals surface area contributed by atoms with Gasteiger partial charge in [0.25, 0.3) is 0 Å². The maximum Gasteiger partial charge on any atom is 0.156 e. The Balaban J connectivity index is 1.68. The average molecular weight is 363 g/mol. The first-order chi connectivity index (χ1) is 11.7. The third-order valence-corrected chi connectivity index (χ3v) is 6.28. The summed E-state index contributed by atoms with van der Waals surface area (Å²) in [5.41, 5.74) is 5.57. The highest BCUT2D eigenvalue weighted by atomic mass is 32.2. The van der Waals surface area contributed by atoms with Gasteiger partial charge < -0.3 is 10.6 Å². The zero-order valence-electron chi connectivity index (χ0n) is 14.5. The quantitative estimate of drug-likeness (QED) is 0.861. The summed E-state index contributed by atoms with van der Waals surface area (Å²) in [7, 11) is 0. The molecule has 0 aromatic heterocycles. The van der Waals surface area contributed by atoms with Gasteiger partial charge in [-0.05, 0) is 48.9 Å². The van der Waals surface area contributed by atoms with Gasteiger partial charge in [0, 0.05) is 37.7 Å². The lowest BCUT2D eigenvalue weighted by Gasteiger charge is -2.17. The first kappa shape index (κ1) is 17.7. The minimum atomic E-state index is 0.955. The summed E-state index contributed by atoms with van der Waals surface area (Å²) in [6.07, 6.45) is 2.29. The number of aliphatic imine (C=N–C) groups is 2. The van der Waals surface area contributed by atoms with Crippen LogP contribution in [0.5, 0.6) is 0 Å². The van der Waals surface area contributed by atoms with Gasteiger partial charge in [-0.25, -0.2) is 0 Å². The molecular formula is C18H26N4S2. The van der Waals surface area contributed by atoms with Crippen molar-refractivity contribution in [2.45, 2.75) is 38.2 Å². The van der Waals surface area contributed by atoms with Crippen LogP contribution in [0.4, 0.5) is 0 Å². The van der Waals surface area contributed by atoms with E-state index in [1.165, 1.54) is 22.3 Å². The largest absolute Gasteiger partial charge is 0.365 e. The third-order valence-electron chi connectivity index (χ3n) is 4.28. The topological polar surface area (TPSA) is 48.8 Å². The average Bonchev–Trinajstić information content (AvgIpc) is 2.63. The molecule has 3 rings (SSSR count). The highest BCUT2D eigenvalue weighted by molar-refractivity contribution is 8.13. The standard InChI is InChI=1S/C18H26N4S2/c1-13-9-15(11-23-17-19-5-3-6-20-17)16(10-14(13)2)12-24-18-21-7-4-8-22-18/h9-10H,3-8,11-12H2,1-2H3,(H,19,20)(H,21,22). The highest BCUT2D eigenvalue weighted by Gasteiger charge is 2.12. The molecule has 130 valence electrons. The summed E-state index contributed by atoms with van der Waals surface area (Å²) in [4.78, 5) is 9.14. The molecule has 0 unspecified atom stereocenters. The number of rotatable bonds is 4. The van der Waals surface area contributed by atoms with E-state index in [9.17, 15) is 0 Å². The van der Waals surface area contributed by atoms with Crippen LogP contribution in [-0.2, 0) is 11.5 Å². The van der Waals surface area contributed by atoms with E-state index in [1.807, 2.05) is 23.5 Å². The van der Waals surface area contributed by atoms with E-state index in [-0.39, 0.29) is 0 Å². The van der Waals surface area contributed by atoms with Crippen LogP contribution >= 0.6 is 23.5 Å². The molecule has 2 N–H and O–H groups in total. The lowest BCUT2D eigenvalue weighted by molar-refractivity contribution is 0.751. The lowest BCUT2D eigenvalue weighted by Crippen LogP contribution is -2.27. The Bertz CT molecular complexity index is 585. The van der Waals surface area contributed by atoms with Gasteiger partial charge in [-0.3, -0.25) is 9.98 Å². The third kappa shape index (κ3) is 4.93. The van der Waals surface area contributed by atoms with Gasteiger partial charge in [-0.2, -0.15) is 0 Å². The molecular weight excluding hydrogens is 336 g/mol. The van der Waals surface area contributed by atoms with Crippen LogP contribution in [0.15, 0.2) is 22.1 Å². The lowest BCUT2D eigenvalue weighted by atomic mass is 10.0. The first-order valence-corrected chi connectivity index (χ1v) is 10.6. The Morgan fingerprint density at radius 1 is 0.833 bits per heavy atom. The summed E-state index contributed by atoms with van der Waals surface area (Å²) in [5, 5.41) is 8.98. The van der Waals surface area contributed by atoms with E-state index in [2.05, 4.69) is 46.6 Å². The maximum atomic E-state index is 4.57. The van der Waals surface area contributed by atoms with E-state index >= 15 is 0 Å². The molecule has 0 saturated heterocycles.